The Labute approximate surface area is 242 Å². The van der Waals surface area contributed by atoms with Gasteiger partial charge in [-0.2, -0.15) is 0 Å². The number of phenols is 1. The van der Waals surface area contributed by atoms with Gasteiger partial charge >= 0.3 is 5.76 Å². The fraction of sp³-hybridized carbons (Fsp3) is 0.464. The van der Waals surface area contributed by atoms with E-state index >= 15 is 0 Å². The minimum Gasteiger partial charge on any atom is -0.504 e. The molecule has 0 aliphatic heterocycles. The van der Waals surface area contributed by atoms with Crippen molar-refractivity contribution in [3.05, 3.63) is 58.1 Å². The van der Waals surface area contributed by atoms with Crippen LogP contribution in [0.3, 0.4) is 0 Å². The number of phenolic OH excluding ortho intramolecular Hbond substituents is 1. The smallest absolute Gasteiger partial charge is 0.420 e. The molecule has 2 amide bonds. The van der Waals surface area contributed by atoms with Crippen LogP contribution in [0.25, 0.3) is 11.1 Å². The Kier molecular flexibility index (Phi) is 13.8. The standard InChI is InChI=1S/C28H38N4O10/c1-20-2-4-24-22(16-20)32(28(36)42-24)18-21-3-5-25(23(33)17-21)41-19-27(35)30-7-9-38-11-13-40-15-14-39-12-10-37-8-6-26(34)31-29/h2-5,16-17,33H,6-15,18-19,29H2,1H3,(H,30,35)(H,31,34). The number of rotatable bonds is 20. The molecule has 0 unspecified atom stereocenters. The molecule has 14 nitrogen and oxygen atoms in total. The third-order valence-corrected chi connectivity index (χ3v) is 5.86. The zero-order chi connectivity index (χ0) is 30.2. The van der Waals surface area contributed by atoms with E-state index in [-0.39, 0.29) is 56.0 Å². The lowest BCUT2D eigenvalue weighted by molar-refractivity contribution is -0.123. The summed E-state index contributed by atoms with van der Waals surface area (Å²) in [7, 11) is 0. The van der Waals surface area contributed by atoms with Crippen LogP contribution in [-0.2, 0) is 35.1 Å². The van der Waals surface area contributed by atoms with Gasteiger partial charge in [0.15, 0.2) is 23.7 Å². The number of aromatic nitrogens is 1. The summed E-state index contributed by atoms with van der Waals surface area (Å²) in [4.78, 5) is 35.3. The third kappa shape index (κ3) is 11.1. The summed E-state index contributed by atoms with van der Waals surface area (Å²) in [5.74, 6) is 3.83. The first kappa shape index (κ1) is 32.6. The van der Waals surface area contributed by atoms with Gasteiger partial charge in [0.2, 0.25) is 5.91 Å². The lowest BCUT2D eigenvalue weighted by Crippen LogP contribution is -2.32. The SMILES string of the molecule is Cc1ccc2oc(=O)n(Cc3ccc(OCC(=O)NCCOCCOCCOCCOCCC(=O)NN)c(O)c3)c2c1. The summed E-state index contributed by atoms with van der Waals surface area (Å²) in [6.07, 6.45) is 0.203. The van der Waals surface area contributed by atoms with E-state index in [9.17, 15) is 19.5 Å². The highest BCUT2D eigenvalue weighted by Crippen LogP contribution is 2.27. The van der Waals surface area contributed by atoms with Gasteiger partial charge in [-0.05, 0) is 42.3 Å². The van der Waals surface area contributed by atoms with Crippen LogP contribution >= 0.6 is 0 Å². The highest BCUT2D eigenvalue weighted by molar-refractivity contribution is 5.77. The largest absolute Gasteiger partial charge is 0.504 e. The number of nitrogens with zero attached hydrogens (tertiary/aromatic N) is 1. The molecule has 42 heavy (non-hydrogen) atoms. The fourth-order valence-corrected chi connectivity index (χ4v) is 3.74. The van der Waals surface area contributed by atoms with Crippen LogP contribution in [0.1, 0.15) is 17.5 Å². The first-order valence-electron chi connectivity index (χ1n) is 13.5. The van der Waals surface area contributed by atoms with Crippen LogP contribution in [0.15, 0.2) is 45.6 Å². The predicted octanol–water partition coefficient (Wildman–Crippen LogP) is 0.598. The van der Waals surface area contributed by atoms with E-state index in [1.807, 2.05) is 24.5 Å². The van der Waals surface area contributed by atoms with E-state index < -0.39 is 5.76 Å². The molecule has 0 atom stereocenters. The monoisotopic (exact) mass is 590 g/mol. The quantitative estimate of drug-likeness (QED) is 0.0625. The Balaban J connectivity index is 1.21. The van der Waals surface area contributed by atoms with Crippen molar-refractivity contribution in [3.63, 3.8) is 0 Å². The van der Waals surface area contributed by atoms with Gasteiger partial charge in [-0.3, -0.25) is 19.6 Å². The molecule has 0 spiro atoms. The maximum Gasteiger partial charge on any atom is 0.420 e. The number of aromatic hydroxyl groups is 1. The molecule has 0 saturated heterocycles. The molecule has 0 fully saturated rings. The second-order valence-electron chi connectivity index (χ2n) is 9.13. The molecule has 0 saturated carbocycles. The van der Waals surface area contributed by atoms with E-state index in [1.165, 1.54) is 10.6 Å². The van der Waals surface area contributed by atoms with Crippen LogP contribution in [0.2, 0.25) is 0 Å². The molecular formula is C28H38N4O10. The molecule has 14 heteroatoms. The van der Waals surface area contributed by atoms with Crippen molar-refractivity contribution >= 4 is 22.9 Å². The van der Waals surface area contributed by atoms with Crippen molar-refractivity contribution in [2.45, 2.75) is 19.9 Å². The van der Waals surface area contributed by atoms with Crippen molar-refractivity contribution in [1.82, 2.24) is 15.3 Å². The van der Waals surface area contributed by atoms with Crippen LogP contribution in [0.5, 0.6) is 11.5 Å². The first-order valence-corrected chi connectivity index (χ1v) is 13.5. The number of hydrazine groups is 1. The van der Waals surface area contributed by atoms with E-state index in [1.54, 1.807) is 18.2 Å². The van der Waals surface area contributed by atoms with Gasteiger partial charge in [0.05, 0.1) is 71.3 Å². The van der Waals surface area contributed by atoms with E-state index in [2.05, 4.69) is 5.32 Å². The number of nitrogens with one attached hydrogen (secondary N) is 2. The van der Waals surface area contributed by atoms with Crippen molar-refractivity contribution in [2.75, 3.05) is 66.0 Å². The van der Waals surface area contributed by atoms with Crippen molar-refractivity contribution < 1.29 is 42.8 Å². The first-order chi connectivity index (χ1) is 20.4. The number of oxazole rings is 1. The van der Waals surface area contributed by atoms with Crippen molar-refractivity contribution in [3.8, 4) is 11.5 Å². The Hall–Kier alpha value is -3.95. The van der Waals surface area contributed by atoms with E-state index in [0.717, 1.165) is 5.56 Å². The van der Waals surface area contributed by atoms with Crippen molar-refractivity contribution in [1.29, 1.82) is 0 Å². The minimum atomic E-state index is -0.485. The molecule has 2 aromatic carbocycles. The second-order valence-corrected chi connectivity index (χ2v) is 9.13. The summed E-state index contributed by atoms with van der Waals surface area (Å²) < 4.78 is 33.6. The van der Waals surface area contributed by atoms with Crippen LogP contribution in [0.4, 0.5) is 0 Å². The topological polar surface area (TPSA) is 186 Å². The number of benzene rings is 2. The maximum absolute atomic E-state index is 12.3. The molecule has 5 N–H and O–H groups in total. The molecule has 1 aromatic heterocycles. The predicted molar refractivity (Wildman–Crippen MR) is 151 cm³/mol. The normalized spacial score (nSPS) is 11.1. The summed E-state index contributed by atoms with van der Waals surface area (Å²) in [6.45, 7) is 5.03. The van der Waals surface area contributed by atoms with Gasteiger partial charge < -0.3 is 38.5 Å². The summed E-state index contributed by atoms with van der Waals surface area (Å²) in [5.41, 5.74) is 4.85. The van der Waals surface area contributed by atoms with Crippen LogP contribution in [-0.4, -0.2) is 87.5 Å². The number of carbonyl (C=O) groups excluding carboxylic acids is 2. The van der Waals surface area contributed by atoms with Crippen LogP contribution in [0, 0.1) is 6.92 Å². The lowest BCUT2D eigenvalue weighted by atomic mass is 10.2. The number of nitrogens with two attached hydrogens (primary N) is 1. The summed E-state index contributed by atoms with van der Waals surface area (Å²) >= 11 is 0. The number of hydrogen-bond acceptors (Lipinski definition) is 11. The number of hydrogen-bond donors (Lipinski definition) is 4. The summed E-state index contributed by atoms with van der Waals surface area (Å²) in [6, 6.07) is 10.2. The molecule has 0 aliphatic carbocycles. The number of carbonyl (C=O) groups is 2. The number of fused-ring (bicyclic) bond motifs is 1. The van der Waals surface area contributed by atoms with Gasteiger partial charge in [-0.1, -0.05) is 12.1 Å². The molecule has 3 aromatic rings. The van der Waals surface area contributed by atoms with E-state index in [0.29, 0.717) is 62.9 Å². The lowest BCUT2D eigenvalue weighted by Gasteiger charge is -2.11. The molecule has 0 bridgehead atoms. The Morgan fingerprint density at radius 2 is 1.57 bits per heavy atom. The zero-order valence-electron chi connectivity index (χ0n) is 23.6. The molecule has 1 heterocycles. The number of aryl methyl sites for hydroxylation is 1. The Bertz CT molecular complexity index is 1340. The summed E-state index contributed by atoms with van der Waals surface area (Å²) in [5, 5.41) is 13.0. The fourth-order valence-electron chi connectivity index (χ4n) is 3.74. The van der Waals surface area contributed by atoms with E-state index in [4.69, 9.17) is 33.9 Å². The van der Waals surface area contributed by atoms with Gasteiger partial charge in [-0.25, -0.2) is 10.6 Å². The van der Waals surface area contributed by atoms with Gasteiger partial charge in [0.1, 0.15) is 0 Å². The highest BCUT2D eigenvalue weighted by atomic mass is 16.6. The third-order valence-electron chi connectivity index (χ3n) is 5.86. The Morgan fingerprint density at radius 3 is 2.24 bits per heavy atom. The van der Waals surface area contributed by atoms with Crippen molar-refractivity contribution in [2.24, 2.45) is 5.84 Å². The average Bonchev–Trinajstić information content (AvgIpc) is 3.28. The maximum atomic E-state index is 12.3. The number of amides is 2. The average molecular weight is 591 g/mol. The van der Waals surface area contributed by atoms with Gasteiger partial charge in [0, 0.05) is 6.54 Å². The zero-order valence-corrected chi connectivity index (χ0v) is 23.6. The molecular weight excluding hydrogens is 552 g/mol. The molecule has 230 valence electrons. The van der Waals surface area contributed by atoms with Gasteiger partial charge in [-0.15, -0.1) is 0 Å². The number of ether oxygens (including phenoxy) is 5. The second kappa shape index (κ2) is 17.8. The Morgan fingerprint density at radius 1 is 0.905 bits per heavy atom. The molecule has 0 radical (unpaired) electrons. The molecule has 3 rings (SSSR count). The van der Waals surface area contributed by atoms with Crippen LogP contribution < -0.4 is 27.1 Å². The highest BCUT2D eigenvalue weighted by Gasteiger charge is 2.12. The molecule has 0 aliphatic rings. The minimum absolute atomic E-state index is 0.145. The van der Waals surface area contributed by atoms with Gasteiger partial charge in [0.25, 0.3) is 5.91 Å².